The molecule has 1 saturated carbocycles. The predicted molar refractivity (Wildman–Crippen MR) is 76.2 cm³/mol. The molecule has 3 atom stereocenters. The number of ether oxygens (including phenoxy) is 2. The van der Waals surface area contributed by atoms with E-state index < -0.39 is 0 Å². The van der Waals surface area contributed by atoms with Gasteiger partial charge in [-0.2, -0.15) is 0 Å². The van der Waals surface area contributed by atoms with Crippen molar-refractivity contribution in [2.75, 3.05) is 6.61 Å². The summed E-state index contributed by atoms with van der Waals surface area (Å²) in [6.07, 6.45) is 2.05. The summed E-state index contributed by atoms with van der Waals surface area (Å²) in [5, 5.41) is 0. The molecule has 0 heterocycles. The Morgan fingerprint density at radius 1 is 1.35 bits per heavy atom. The van der Waals surface area contributed by atoms with Crippen molar-refractivity contribution in [1.82, 2.24) is 0 Å². The van der Waals surface area contributed by atoms with Crippen molar-refractivity contribution in [3.05, 3.63) is 27.8 Å². The topological polar surface area (TPSA) is 44.5 Å². The average Bonchev–Trinajstić information content (AvgIpc) is 2.31. The van der Waals surface area contributed by atoms with Crippen LogP contribution in [0.1, 0.15) is 19.8 Å². The minimum absolute atomic E-state index is 0.0502. The van der Waals surface area contributed by atoms with E-state index >= 15 is 0 Å². The molecule has 1 aromatic rings. The summed E-state index contributed by atoms with van der Waals surface area (Å²) in [4.78, 5) is 0. The molecular formula is C13H18INO2. The van der Waals surface area contributed by atoms with Crippen LogP contribution in [-0.4, -0.2) is 24.9 Å². The fraction of sp³-hybridized carbons (Fsp3) is 0.538. The first kappa shape index (κ1) is 13.1. The largest absolute Gasteiger partial charge is 0.488 e. The number of hydrogen-bond donors (Lipinski definition) is 1. The maximum atomic E-state index is 5.93. The molecule has 2 rings (SSSR count). The highest BCUT2D eigenvalue weighted by atomic mass is 127. The molecule has 3 nitrogen and oxygen atoms in total. The Labute approximate surface area is 116 Å². The number of rotatable bonds is 5. The Kier molecular flexibility index (Phi) is 4.64. The van der Waals surface area contributed by atoms with E-state index in [-0.39, 0.29) is 18.2 Å². The molecule has 0 spiro atoms. The van der Waals surface area contributed by atoms with Crippen molar-refractivity contribution in [3.63, 3.8) is 0 Å². The second-order valence-corrected chi connectivity index (χ2v) is 5.59. The Morgan fingerprint density at radius 3 is 2.65 bits per heavy atom. The summed E-state index contributed by atoms with van der Waals surface area (Å²) >= 11 is 2.28. The van der Waals surface area contributed by atoms with Gasteiger partial charge in [0.05, 0.1) is 0 Å². The van der Waals surface area contributed by atoms with Gasteiger partial charge in [0, 0.05) is 22.6 Å². The summed E-state index contributed by atoms with van der Waals surface area (Å²) in [6.45, 7) is 2.85. The van der Waals surface area contributed by atoms with Crippen LogP contribution in [0, 0.1) is 3.57 Å². The Morgan fingerprint density at radius 2 is 2.06 bits per heavy atom. The maximum absolute atomic E-state index is 5.93. The molecule has 94 valence electrons. The summed E-state index contributed by atoms with van der Waals surface area (Å²) in [6, 6.07) is 8.17. The predicted octanol–water partition coefficient (Wildman–Crippen LogP) is 2.56. The Balaban J connectivity index is 1.88. The van der Waals surface area contributed by atoms with E-state index in [0.29, 0.717) is 0 Å². The molecule has 4 heteroatoms. The zero-order chi connectivity index (χ0) is 12.3. The second kappa shape index (κ2) is 6.02. The van der Waals surface area contributed by atoms with Crippen LogP contribution in [0.5, 0.6) is 5.75 Å². The lowest BCUT2D eigenvalue weighted by Crippen LogP contribution is -2.59. The number of benzene rings is 1. The fourth-order valence-electron chi connectivity index (χ4n) is 1.90. The van der Waals surface area contributed by atoms with Gasteiger partial charge in [-0.25, -0.2) is 0 Å². The smallest absolute Gasteiger partial charge is 0.128 e. The molecule has 0 amide bonds. The molecule has 17 heavy (non-hydrogen) atoms. The molecule has 0 radical (unpaired) electrons. The van der Waals surface area contributed by atoms with Gasteiger partial charge in [-0.1, -0.05) is 6.92 Å². The van der Waals surface area contributed by atoms with E-state index in [1.165, 1.54) is 3.57 Å². The molecule has 1 aromatic carbocycles. The van der Waals surface area contributed by atoms with Crippen LogP contribution >= 0.6 is 22.6 Å². The van der Waals surface area contributed by atoms with Crippen molar-refractivity contribution >= 4 is 22.6 Å². The monoisotopic (exact) mass is 347 g/mol. The highest BCUT2D eigenvalue weighted by Gasteiger charge is 2.41. The highest BCUT2D eigenvalue weighted by molar-refractivity contribution is 14.1. The van der Waals surface area contributed by atoms with Crippen LogP contribution < -0.4 is 10.5 Å². The van der Waals surface area contributed by atoms with Crippen LogP contribution in [0.15, 0.2) is 24.3 Å². The first-order valence-corrected chi connectivity index (χ1v) is 7.08. The van der Waals surface area contributed by atoms with Crippen molar-refractivity contribution in [2.24, 2.45) is 5.73 Å². The van der Waals surface area contributed by atoms with Crippen LogP contribution in [-0.2, 0) is 4.74 Å². The zero-order valence-electron chi connectivity index (χ0n) is 9.93. The lowest BCUT2D eigenvalue weighted by Gasteiger charge is -2.41. The van der Waals surface area contributed by atoms with Crippen LogP contribution in [0.3, 0.4) is 0 Å². The molecule has 2 N–H and O–H groups in total. The van der Waals surface area contributed by atoms with E-state index in [0.717, 1.165) is 25.2 Å². The summed E-state index contributed by atoms with van der Waals surface area (Å²) in [7, 11) is 0. The molecule has 1 aliphatic carbocycles. The number of nitrogens with two attached hydrogens (primary N) is 1. The Bertz CT molecular complexity index is 355. The van der Waals surface area contributed by atoms with Gasteiger partial charge in [-0.15, -0.1) is 0 Å². The Hall–Kier alpha value is -0.330. The summed E-state index contributed by atoms with van der Waals surface area (Å²) in [5.41, 5.74) is 5.93. The first-order chi connectivity index (χ1) is 8.20. The molecule has 3 unspecified atom stereocenters. The number of hydrogen-bond acceptors (Lipinski definition) is 3. The van der Waals surface area contributed by atoms with E-state index in [1.54, 1.807) is 0 Å². The fourth-order valence-corrected chi connectivity index (χ4v) is 2.26. The van der Waals surface area contributed by atoms with Gasteiger partial charge in [0.25, 0.3) is 0 Å². The van der Waals surface area contributed by atoms with Crippen molar-refractivity contribution in [2.45, 2.75) is 38.0 Å². The molecular weight excluding hydrogens is 329 g/mol. The van der Waals surface area contributed by atoms with Crippen molar-refractivity contribution in [3.8, 4) is 5.75 Å². The lowest BCUT2D eigenvalue weighted by atomic mass is 9.86. The molecule has 1 fully saturated rings. The van der Waals surface area contributed by atoms with E-state index in [9.17, 15) is 0 Å². The van der Waals surface area contributed by atoms with Crippen molar-refractivity contribution < 1.29 is 9.47 Å². The van der Waals surface area contributed by atoms with Crippen LogP contribution in [0.4, 0.5) is 0 Å². The minimum Gasteiger partial charge on any atom is -0.488 e. The SMILES string of the molecule is CCCOC1C(N)CC1Oc1ccc(I)cc1. The average molecular weight is 347 g/mol. The first-order valence-electron chi connectivity index (χ1n) is 6.00. The third-order valence-electron chi connectivity index (χ3n) is 2.91. The van der Waals surface area contributed by atoms with Crippen LogP contribution in [0.25, 0.3) is 0 Å². The van der Waals surface area contributed by atoms with E-state index in [1.807, 2.05) is 24.3 Å². The van der Waals surface area contributed by atoms with Gasteiger partial charge < -0.3 is 15.2 Å². The van der Waals surface area contributed by atoms with Gasteiger partial charge in [0.15, 0.2) is 0 Å². The summed E-state index contributed by atoms with van der Waals surface area (Å²) < 4.78 is 12.8. The van der Waals surface area contributed by atoms with Crippen molar-refractivity contribution in [1.29, 1.82) is 0 Å². The molecule has 0 aromatic heterocycles. The minimum atomic E-state index is 0.0502. The summed E-state index contributed by atoms with van der Waals surface area (Å²) in [5.74, 6) is 0.896. The quantitative estimate of drug-likeness (QED) is 0.833. The maximum Gasteiger partial charge on any atom is 0.128 e. The highest BCUT2D eigenvalue weighted by Crippen LogP contribution is 2.28. The third-order valence-corrected chi connectivity index (χ3v) is 3.63. The molecule has 0 bridgehead atoms. The standard InChI is InChI=1S/C13H18INO2/c1-2-7-16-13-11(15)8-12(13)17-10-5-3-9(14)4-6-10/h3-6,11-13H,2,7-8,15H2,1H3. The van der Waals surface area contributed by atoms with Gasteiger partial charge in [0.2, 0.25) is 0 Å². The van der Waals surface area contributed by atoms with Crippen LogP contribution in [0.2, 0.25) is 0 Å². The van der Waals surface area contributed by atoms with Gasteiger partial charge in [-0.3, -0.25) is 0 Å². The lowest BCUT2D eigenvalue weighted by molar-refractivity contribution is -0.0980. The number of halogens is 1. The second-order valence-electron chi connectivity index (χ2n) is 4.35. The molecule has 0 saturated heterocycles. The van der Waals surface area contributed by atoms with Gasteiger partial charge in [0.1, 0.15) is 18.0 Å². The van der Waals surface area contributed by atoms with E-state index in [4.69, 9.17) is 15.2 Å². The third kappa shape index (κ3) is 3.33. The zero-order valence-corrected chi connectivity index (χ0v) is 12.1. The van der Waals surface area contributed by atoms with E-state index in [2.05, 4.69) is 29.5 Å². The molecule has 0 aliphatic heterocycles. The van der Waals surface area contributed by atoms with Gasteiger partial charge >= 0.3 is 0 Å². The normalized spacial score (nSPS) is 27.6. The molecule has 1 aliphatic rings. The van der Waals surface area contributed by atoms with Gasteiger partial charge in [-0.05, 0) is 53.3 Å².